The number of carbonyl (C=O) groups excluding carboxylic acids is 1. The number of Topliss-reactive ketones (excluding diaryl/α,β-unsaturated/α-hetero) is 1. The average Bonchev–Trinajstić information content (AvgIpc) is 2.42. The van der Waals surface area contributed by atoms with Gasteiger partial charge in [-0.3, -0.25) is 4.79 Å². The van der Waals surface area contributed by atoms with E-state index in [-0.39, 0.29) is 11.2 Å². The predicted octanol–water partition coefficient (Wildman–Crippen LogP) is 4.24. The van der Waals surface area contributed by atoms with E-state index in [4.69, 9.17) is 11.6 Å². The molecule has 1 saturated heterocycles. The fraction of sp³-hybridized carbons (Fsp3) is 0.562. The third-order valence-corrected chi connectivity index (χ3v) is 5.25. The molecule has 1 fully saturated rings. The van der Waals surface area contributed by atoms with Gasteiger partial charge in [-0.05, 0) is 49.5 Å². The average molecular weight is 359 g/mol. The van der Waals surface area contributed by atoms with Gasteiger partial charge in [-0.1, -0.05) is 47.4 Å². The third kappa shape index (κ3) is 3.63. The van der Waals surface area contributed by atoms with Gasteiger partial charge in [0.2, 0.25) is 0 Å². The zero-order valence-electron chi connectivity index (χ0n) is 12.0. The molecule has 0 aromatic heterocycles. The molecule has 4 heteroatoms. The van der Waals surface area contributed by atoms with Crippen molar-refractivity contribution in [2.75, 3.05) is 13.1 Å². The first-order valence-electron chi connectivity index (χ1n) is 7.09. The maximum Gasteiger partial charge on any atom is 0.143 e. The summed E-state index contributed by atoms with van der Waals surface area (Å²) in [5, 5.41) is 4.05. The Morgan fingerprint density at radius 3 is 2.85 bits per heavy atom. The topological polar surface area (TPSA) is 29.1 Å². The first-order valence-corrected chi connectivity index (χ1v) is 8.26. The molecular weight excluding hydrogens is 338 g/mol. The van der Waals surface area contributed by atoms with Crippen LogP contribution in [0.1, 0.15) is 32.3 Å². The molecule has 1 N–H and O–H groups in total. The summed E-state index contributed by atoms with van der Waals surface area (Å²) in [7, 11) is 0. The van der Waals surface area contributed by atoms with E-state index in [1.165, 1.54) is 0 Å². The van der Waals surface area contributed by atoms with E-state index in [9.17, 15) is 4.79 Å². The van der Waals surface area contributed by atoms with Gasteiger partial charge in [-0.25, -0.2) is 0 Å². The Labute approximate surface area is 134 Å². The van der Waals surface area contributed by atoms with Crippen LogP contribution in [-0.2, 0) is 11.2 Å². The van der Waals surface area contributed by atoms with E-state index in [2.05, 4.69) is 35.1 Å². The van der Waals surface area contributed by atoms with Gasteiger partial charge < -0.3 is 5.32 Å². The number of rotatable bonds is 4. The third-order valence-electron chi connectivity index (χ3n) is 4.40. The van der Waals surface area contributed by atoms with E-state index in [1.807, 2.05) is 18.2 Å². The van der Waals surface area contributed by atoms with E-state index >= 15 is 0 Å². The van der Waals surface area contributed by atoms with Crippen LogP contribution in [0, 0.1) is 11.3 Å². The Morgan fingerprint density at radius 2 is 2.25 bits per heavy atom. The van der Waals surface area contributed by atoms with Crippen LogP contribution in [0.3, 0.4) is 0 Å². The van der Waals surface area contributed by atoms with Crippen molar-refractivity contribution in [3.05, 3.63) is 33.3 Å². The first kappa shape index (κ1) is 16.0. The molecular formula is C16H21BrClNO. The van der Waals surface area contributed by atoms with Crippen molar-refractivity contribution in [3.8, 4) is 0 Å². The Bertz CT molecular complexity index is 495. The molecule has 0 saturated carbocycles. The Morgan fingerprint density at radius 1 is 1.50 bits per heavy atom. The molecule has 1 atom stereocenters. The van der Waals surface area contributed by atoms with Gasteiger partial charge >= 0.3 is 0 Å². The van der Waals surface area contributed by atoms with Gasteiger partial charge in [0.25, 0.3) is 0 Å². The van der Waals surface area contributed by atoms with Crippen molar-refractivity contribution in [2.24, 2.45) is 11.3 Å². The highest BCUT2D eigenvalue weighted by atomic mass is 79.9. The molecule has 0 aliphatic carbocycles. The molecule has 1 unspecified atom stereocenters. The summed E-state index contributed by atoms with van der Waals surface area (Å²) >= 11 is 9.60. The number of nitrogens with one attached hydrogen (secondary N) is 1. The van der Waals surface area contributed by atoms with Crippen LogP contribution in [0.25, 0.3) is 0 Å². The number of ketones is 1. The zero-order valence-corrected chi connectivity index (χ0v) is 14.4. The summed E-state index contributed by atoms with van der Waals surface area (Å²) < 4.78 is 0.939. The van der Waals surface area contributed by atoms with Crippen molar-refractivity contribution in [3.63, 3.8) is 0 Å². The highest BCUT2D eigenvalue weighted by molar-refractivity contribution is 9.10. The second kappa shape index (κ2) is 6.59. The van der Waals surface area contributed by atoms with Crippen molar-refractivity contribution in [2.45, 2.75) is 33.1 Å². The molecule has 0 spiro atoms. The summed E-state index contributed by atoms with van der Waals surface area (Å²) in [5.41, 5.74) is 0.612. The summed E-state index contributed by atoms with van der Waals surface area (Å²) in [6, 6.07) is 5.71. The smallest absolute Gasteiger partial charge is 0.143 e. The number of piperidine rings is 1. The minimum Gasteiger partial charge on any atom is -0.316 e. The van der Waals surface area contributed by atoms with Crippen LogP contribution < -0.4 is 5.32 Å². The number of hydrogen-bond acceptors (Lipinski definition) is 2. The molecule has 2 rings (SSSR count). The molecule has 110 valence electrons. The number of halogens is 2. The monoisotopic (exact) mass is 357 g/mol. The minimum atomic E-state index is -0.302. The van der Waals surface area contributed by atoms with Crippen LogP contribution in [0.15, 0.2) is 22.7 Å². The van der Waals surface area contributed by atoms with Gasteiger partial charge in [0.1, 0.15) is 5.78 Å². The lowest BCUT2D eigenvalue weighted by Crippen LogP contribution is -2.43. The molecule has 0 amide bonds. The minimum absolute atomic E-state index is 0.274. The molecule has 1 aliphatic heterocycles. The van der Waals surface area contributed by atoms with Gasteiger partial charge in [-0.15, -0.1) is 0 Å². The molecule has 1 aliphatic rings. The SMILES string of the molecule is CC(C)(C(=O)Cc1ccc(Br)cc1Cl)C1CCCNC1. The summed E-state index contributed by atoms with van der Waals surface area (Å²) in [6.45, 7) is 6.14. The van der Waals surface area contributed by atoms with Gasteiger partial charge in [0.15, 0.2) is 0 Å². The van der Waals surface area contributed by atoms with Gasteiger partial charge in [0.05, 0.1) is 0 Å². The lowest BCUT2D eigenvalue weighted by molar-refractivity contribution is -0.129. The van der Waals surface area contributed by atoms with E-state index < -0.39 is 0 Å². The fourth-order valence-electron chi connectivity index (χ4n) is 2.76. The highest BCUT2D eigenvalue weighted by Crippen LogP contribution is 2.34. The van der Waals surface area contributed by atoms with Crippen molar-refractivity contribution in [1.29, 1.82) is 0 Å². The molecule has 0 radical (unpaired) electrons. The maximum atomic E-state index is 12.7. The maximum absolute atomic E-state index is 12.7. The van der Waals surface area contributed by atoms with E-state index in [1.54, 1.807) is 0 Å². The predicted molar refractivity (Wildman–Crippen MR) is 87.2 cm³/mol. The molecule has 1 heterocycles. The Balaban J connectivity index is 2.09. The number of benzene rings is 1. The van der Waals surface area contributed by atoms with Crippen molar-refractivity contribution >= 4 is 33.3 Å². The van der Waals surface area contributed by atoms with Gasteiger partial charge in [-0.2, -0.15) is 0 Å². The summed E-state index contributed by atoms with van der Waals surface area (Å²) in [5.74, 6) is 0.688. The van der Waals surface area contributed by atoms with Crippen LogP contribution in [0.5, 0.6) is 0 Å². The first-order chi connectivity index (χ1) is 9.41. The van der Waals surface area contributed by atoms with Crippen LogP contribution in [0.2, 0.25) is 5.02 Å². The molecule has 1 aromatic rings. The normalized spacial score (nSPS) is 19.9. The fourth-order valence-corrected chi connectivity index (χ4v) is 3.50. The Hall–Kier alpha value is -0.380. The molecule has 0 bridgehead atoms. The van der Waals surface area contributed by atoms with Crippen molar-refractivity contribution in [1.82, 2.24) is 5.32 Å². The van der Waals surface area contributed by atoms with Crippen LogP contribution in [0.4, 0.5) is 0 Å². The van der Waals surface area contributed by atoms with Crippen molar-refractivity contribution < 1.29 is 4.79 Å². The van der Waals surface area contributed by atoms with Gasteiger partial charge in [0, 0.05) is 21.3 Å². The molecule has 2 nitrogen and oxygen atoms in total. The lowest BCUT2D eigenvalue weighted by atomic mass is 9.71. The van der Waals surface area contributed by atoms with Crippen LogP contribution in [-0.4, -0.2) is 18.9 Å². The van der Waals surface area contributed by atoms with E-state index in [0.29, 0.717) is 17.4 Å². The highest BCUT2D eigenvalue weighted by Gasteiger charge is 2.36. The second-order valence-electron chi connectivity index (χ2n) is 6.10. The summed E-state index contributed by atoms with van der Waals surface area (Å²) in [4.78, 5) is 12.7. The number of carbonyl (C=O) groups is 1. The zero-order chi connectivity index (χ0) is 14.8. The molecule has 20 heavy (non-hydrogen) atoms. The lowest BCUT2D eigenvalue weighted by Gasteiger charge is -2.36. The van der Waals surface area contributed by atoms with Crippen LogP contribution >= 0.6 is 27.5 Å². The standard InChI is InChI=1S/C16H21BrClNO/c1-16(2,12-4-3-7-19-10-12)15(20)8-11-5-6-13(17)9-14(11)18/h5-6,9,12,19H,3-4,7-8,10H2,1-2H3. The number of hydrogen-bond donors (Lipinski definition) is 1. The largest absolute Gasteiger partial charge is 0.316 e. The molecule has 1 aromatic carbocycles. The quantitative estimate of drug-likeness (QED) is 0.872. The Kier molecular flexibility index (Phi) is 5.27. The second-order valence-corrected chi connectivity index (χ2v) is 7.42. The summed E-state index contributed by atoms with van der Waals surface area (Å²) in [6.07, 6.45) is 2.69. The van der Waals surface area contributed by atoms with E-state index in [0.717, 1.165) is 36.0 Å².